The van der Waals surface area contributed by atoms with E-state index in [4.69, 9.17) is 18.1 Å². The molecular weight excluding hydrogens is 381 g/mol. The van der Waals surface area contributed by atoms with Crippen molar-refractivity contribution in [3.8, 4) is 0 Å². The second-order valence-corrected chi connectivity index (χ2v) is 9.74. The standard InChI is InChI=1S/C24H22NO3P/c1-24(2,22-16-26-23(25-22)17-10-4-3-5-11-17)29-27-20-14-8-6-12-18(20)19-13-7-9-15-21(19)28-29/h3-15,22H,16H2,1-2H3/t22-/m0/s1. The number of nitrogens with zero attached hydrogens (tertiary/aromatic N) is 1. The Hall–Kier alpha value is -2.97. The summed E-state index contributed by atoms with van der Waals surface area (Å²) in [5.41, 5.74) is 2.70. The van der Waals surface area contributed by atoms with Crippen LogP contribution in [-0.2, 0) is 9.89 Å². The lowest BCUT2D eigenvalue weighted by atomic mass is 10.1. The van der Waals surface area contributed by atoms with Gasteiger partial charge in [-0.1, -0.05) is 54.6 Å². The minimum Gasteiger partial charge on any atom is -0.475 e. The lowest BCUT2D eigenvalue weighted by molar-refractivity contribution is 0.285. The molecule has 5 heteroatoms. The van der Waals surface area contributed by atoms with E-state index in [2.05, 4.69) is 26.0 Å². The Morgan fingerprint density at radius 2 is 1.34 bits per heavy atom. The van der Waals surface area contributed by atoms with Crippen LogP contribution in [0.4, 0.5) is 0 Å². The van der Waals surface area contributed by atoms with E-state index in [-0.39, 0.29) is 11.2 Å². The molecule has 0 bridgehead atoms. The predicted molar refractivity (Wildman–Crippen MR) is 118 cm³/mol. The van der Waals surface area contributed by atoms with E-state index in [1.54, 1.807) is 0 Å². The third-order valence-electron chi connectivity index (χ3n) is 5.38. The first-order valence-corrected chi connectivity index (χ1v) is 10.9. The van der Waals surface area contributed by atoms with Gasteiger partial charge in [-0.15, -0.1) is 0 Å². The van der Waals surface area contributed by atoms with Crippen LogP contribution in [0.2, 0.25) is 0 Å². The van der Waals surface area contributed by atoms with Crippen molar-refractivity contribution in [3.05, 3.63) is 84.4 Å². The van der Waals surface area contributed by atoms with Crippen LogP contribution in [0.1, 0.15) is 19.4 Å². The van der Waals surface area contributed by atoms with Crippen LogP contribution in [0, 0.1) is 0 Å². The van der Waals surface area contributed by atoms with Gasteiger partial charge in [-0.05, 0) is 38.1 Å². The Bertz CT molecular complexity index is 1190. The fourth-order valence-corrected chi connectivity index (χ4v) is 5.13. The summed E-state index contributed by atoms with van der Waals surface area (Å²) in [6, 6.07) is 26.2. The molecule has 5 rings (SSSR count). The van der Waals surface area contributed by atoms with E-state index >= 15 is 0 Å². The summed E-state index contributed by atoms with van der Waals surface area (Å²) in [7, 11) is -1.30. The van der Waals surface area contributed by atoms with Gasteiger partial charge in [-0.3, -0.25) is 0 Å². The van der Waals surface area contributed by atoms with Gasteiger partial charge in [0.2, 0.25) is 13.9 Å². The van der Waals surface area contributed by atoms with Gasteiger partial charge in [0.15, 0.2) is 0 Å². The first kappa shape index (κ1) is 18.1. The Labute approximate surface area is 170 Å². The smallest absolute Gasteiger partial charge is 0.225 e. The molecule has 2 heterocycles. The van der Waals surface area contributed by atoms with E-state index < -0.39 is 8.01 Å². The molecule has 3 aromatic carbocycles. The molecule has 29 heavy (non-hydrogen) atoms. The first-order valence-electron chi connectivity index (χ1n) is 9.73. The highest BCUT2D eigenvalue weighted by Crippen LogP contribution is 2.50. The second kappa shape index (κ2) is 7.13. The van der Waals surface area contributed by atoms with Crippen molar-refractivity contribution in [3.63, 3.8) is 0 Å². The van der Waals surface area contributed by atoms with Gasteiger partial charge in [0.25, 0.3) is 0 Å². The second-order valence-electron chi connectivity index (χ2n) is 7.71. The number of rotatable bonds is 3. The number of fused-ring (bicyclic) bond motifs is 3. The van der Waals surface area contributed by atoms with E-state index in [1.165, 1.54) is 0 Å². The van der Waals surface area contributed by atoms with Gasteiger partial charge in [0.1, 0.15) is 23.8 Å². The van der Waals surface area contributed by atoms with Gasteiger partial charge >= 0.3 is 0 Å². The van der Waals surface area contributed by atoms with Crippen molar-refractivity contribution in [1.29, 1.82) is 0 Å². The molecule has 1 aliphatic rings. The van der Waals surface area contributed by atoms with E-state index in [9.17, 15) is 0 Å². The summed E-state index contributed by atoms with van der Waals surface area (Å²) < 4.78 is 18.9. The zero-order chi connectivity index (χ0) is 19.8. The van der Waals surface area contributed by atoms with Crippen LogP contribution in [-0.4, -0.2) is 18.5 Å². The summed E-state index contributed by atoms with van der Waals surface area (Å²) >= 11 is 0. The van der Waals surface area contributed by atoms with Crippen LogP contribution in [0.15, 0.2) is 92.2 Å². The highest BCUT2D eigenvalue weighted by atomic mass is 31.1. The van der Waals surface area contributed by atoms with Crippen LogP contribution in [0.5, 0.6) is 0 Å². The summed E-state index contributed by atoms with van der Waals surface area (Å²) in [6.07, 6.45) is 0. The van der Waals surface area contributed by atoms with Crippen molar-refractivity contribution in [2.45, 2.75) is 25.0 Å². The quantitative estimate of drug-likeness (QED) is 0.375. The highest BCUT2D eigenvalue weighted by Gasteiger charge is 2.40. The van der Waals surface area contributed by atoms with Gasteiger partial charge in [-0.2, -0.15) is 0 Å². The molecule has 1 aromatic heterocycles. The molecule has 0 saturated carbocycles. The molecule has 0 spiro atoms. The molecular formula is C24H22NO3P. The highest BCUT2D eigenvalue weighted by molar-refractivity contribution is 7.38. The van der Waals surface area contributed by atoms with Crippen molar-refractivity contribution >= 4 is 35.8 Å². The number of benzene rings is 3. The Balaban J connectivity index is 1.65. The van der Waals surface area contributed by atoms with Crippen molar-refractivity contribution in [2.75, 3.05) is 6.61 Å². The predicted octanol–water partition coefficient (Wildman–Crippen LogP) is 6.87. The normalized spacial score (nSPS) is 16.6. The summed E-state index contributed by atoms with van der Waals surface area (Å²) in [4.78, 5) is 4.90. The third-order valence-corrected chi connectivity index (χ3v) is 7.35. The largest absolute Gasteiger partial charge is 0.475 e. The molecule has 0 radical (unpaired) electrons. The Morgan fingerprint density at radius 1 is 0.793 bits per heavy atom. The molecule has 4 nitrogen and oxygen atoms in total. The molecule has 1 aliphatic heterocycles. The first-order chi connectivity index (χ1) is 14.1. The van der Waals surface area contributed by atoms with Crippen LogP contribution in [0.25, 0.3) is 21.9 Å². The zero-order valence-electron chi connectivity index (χ0n) is 16.4. The molecule has 1 atom stereocenters. The molecule has 146 valence electrons. The molecule has 0 saturated heterocycles. The maximum atomic E-state index is 6.48. The zero-order valence-corrected chi connectivity index (χ0v) is 17.3. The number of hydrogen-bond acceptors (Lipinski definition) is 4. The van der Waals surface area contributed by atoms with Crippen LogP contribution < -0.4 is 0 Å². The minimum atomic E-state index is -1.30. The minimum absolute atomic E-state index is 0.0544. The maximum Gasteiger partial charge on any atom is 0.225 e. The molecule has 4 aromatic rings. The van der Waals surface area contributed by atoms with Gasteiger partial charge in [0, 0.05) is 16.3 Å². The van der Waals surface area contributed by atoms with Gasteiger partial charge in [-0.25, -0.2) is 4.99 Å². The van der Waals surface area contributed by atoms with Gasteiger partial charge < -0.3 is 13.1 Å². The monoisotopic (exact) mass is 403 g/mol. The van der Waals surface area contributed by atoms with Crippen LogP contribution in [0.3, 0.4) is 0 Å². The fourth-order valence-electron chi connectivity index (χ4n) is 3.57. The number of aliphatic imine (C=N–C) groups is 1. The molecule has 0 unspecified atom stereocenters. The molecule has 0 amide bonds. The van der Waals surface area contributed by atoms with Crippen molar-refractivity contribution < 1.29 is 13.1 Å². The average molecular weight is 403 g/mol. The number of hydrogen-bond donors (Lipinski definition) is 0. The Morgan fingerprint density at radius 3 is 1.97 bits per heavy atom. The maximum absolute atomic E-state index is 6.48. The lowest BCUT2D eigenvalue weighted by Crippen LogP contribution is -2.28. The molecule has 0 fully saturated rings. The third kappa shape index (κ3) is 3.24. The van der Waals surface area contributed by atoms with Crippen molar-refractivity contribution in [2.24, 2.45) is 4.99 Å². The Kier molecular flexibility index (Phi) is 4.44. The van der Waals surface area contributed by atoms with E-state index in [0.717, 1.165) is 27.5 Å². The number of para-hydroxylation sites is 2. The van der Waals surface area contributed by atoms with Crippen LogP contribution >= 0.6 is 8.01 Å². The summed E-state index contributed by atoms with van der Waals surface area (Å²) in [6.45, 7) is 4.83. The molecule has 0 N–H and O–H groups in total. The summed E-state index contributed by atoms with van der Waals surface area (Å²) in [5.74, 6) is 0.689. The lowest BCUT2D eigenvalue weighted by Gasteiger charge is -2.24. The topological polar surface area (TPSA) is 47.9 Å². The van der Waals surface area contributed by atoms with E-state index in [0.29, 0.717) is 12.5 Å². The molecule has 0 aliphatic carbocycles. The average Bonchev–Trinajstić information content (AvgIpc) is 3.19. The number of ether oxygens (including phenoxy) is 1. The SMILES string of the molecule is CC(C)([C@@H]1COC(c2ccccc2)=N1)p1oc2ccccc2c2ccccc2o1. The van der Waals surface area contributed by atoms with E-state index in [1.807, 2.05) is 66.7 Å². The fraction of sp³-hybridized carbons (Fsp3) is 0.208. The van der Waals surface area contributed by atoms with Crippen molar-refractivity contribution in [1.82, 2.24) is 0 Å². The van der Waals surface area contributed by atoms with Gasteiger partial charge in [0.05, 0.1) is 5.16 Å². The summed E-state index contributed by atoms with van der Waals surface area (Å²) in [5, 5.41) is 1.76.